The Morgan fingerprint density at radius 2 is 1.61 bits per heavy atom. The number of fused-ring (bicyclic) bond motifs is 4. The average Bonchev–Trinajstić information content (AvgIpc) is 3.31. The number of ketones is 2. The molecule has 0 bridgehead atoms. The van der Waals surface area contributed by atoms with E-state index in [2.05, 4.69) is 0 Å². The number of carbonyl (C=O) groups excluding carboxylic acids is 4. The fraction of sp³-hybridized carbons (Fsp3) is 0.297. The number of rotatable bonds is 5. The molecule has 1 saturated carbocycles. The molecular weight excluding hydrogens is 554 g/mol. The molecule has 6 atom stereocenters. The van der Waals surface area contributed by atoms with Crippen LogP contribution in [0.15, 0.2) is 96.6 Å². The van der Waals surface area contributed by atoms with Crippen LogP contribution in [0, 0.1) is 23.7 Å². The number of aromatic hydroxyl groups is 1. The largest absolute Gasteiger partial charge is 0.508 e. The van der Waals surface area contributed by atoms with Gasteiger partial charge in [0.2, 0.25) is 11.8 Å². The zero-order valence-electron chi connectivity index (χ0n) is 24.6. The first-order valence-electron chi connectivity index (χ1n) is 15.2. The number of benzene rings is 3. The molecule has 2 fully saturated rings. The molecule has 1 heterocycles. The molecule has 4 aliphatic rings. The molecule has 7 heteroatoms. The number of allylic oxidation sites excluding steroid dienone is 4. The van der Waals surface area contributed by atoms with Gasteiger partial charge in [-0.2, -0.15) is 0 Å². The van der Waals surface area contributed by atoms with Crippen LogP contribution >= 0.6 is 0 Å². The van der Waals surface area contributed by atoms with Crippen LogP contribution in [0.1, 0.15) is 42.4 Å². The Morgan fingerprint density at radius 1 is 0.909 bits per heavy atom. The third-order valence-corrected chi connectivity index (χ3v) is 10.3. The molecule has 1 aliphatic heterocycles. The molecule has 3 aromatic carbocycles. The number of nitrogens with zero attached hydrogens (tertiary/aromatic N) is 1. The van der Waals surface area contributed by atoms with Crippen molar-refractivity contribution in [1.29, 1.82) is 0 Å². The fourth-order valence-corrected chi connectivity index (χ4v) is 8.49. The second kappa shape index (κ2) is 10.4. The Morgan fingerprint density at radius 3 is 2.27 bits per heavy atom. The molecule has 6 unspecified atom stereocenters. The summed E-state index contributed by atoms with van der Waals surface area (Å²) in [5.74, 6) is -3.62. The number of Topliss-reactive ketones (excluding diaryl/α,β-unsaturated/α-hetero) is 1. The van der Waals surface area contributed by atoms with Crippen LogP contribution in [0.25, 0.3) is 5.57 Å². The van der Waals surface area contributed by atoms with Crippen molar-refractivity contribution in [2.75, 3.05) is 13.7 Å². The van der Waals surface area contributed by atoms with Gasteiger partial charge in [-0.1, -0.05) is 78.4 Å². The average molecular weight is 588 g/mol. The summed E-state index contributed by atoms with van der Waals surface area (Å²) < 4.78 is 5.38. The highest BCUT2D eigenvalue weighted by molar-refractivity contribution is 6.31. The molecule has 2 amide bonds. The van der Waals surface area contributed by atoms with Crippen LogP contribution in [-0.4, -0.2) is 47.0 Å². The highest BCUT2D eigenvalue weighted by Crippen LogP contribution is 2.64. The molecule has 0 radical (unpaired) electrons. The van der Waals surface area contributed by atoms with E-state index < -0.39 is 35.0 Å². The van der Waals surface area contributed by atoms with Crippen LogP contribution in [0.2, 0.25) is 0 Å². The summed E-state index contributed by atoms with van der Waals surface area (Å²) in [6.07, 6.45) is 4.07. The van der Waals surface area contributed by atoms with Gasteiger partial charge in [-0.15, -0.1) is 0 Å². The first-order chi connectivity index (χ1) is 21.3. The third kappa shape index (κ3) is 3.81. The van der Waals surface area contributed by atoms with E-state index in [4.69, 9.17) is 4.74 Å². The van der Waals surface area contributed by atoms with Gasteiger partial charge in [0.05, 0.1) is 24.4 Å². The second-order valence-corrected chi connectivity index (χ2v) is 12.1. The maximum absolute atomic E-state index is 14.9. The van der Waals surface area contributed by atoms with Crippen molar-refractivity contribution in [3.63, 3.8) is 0 Å². The van der Waals surface area contributed by atoms with Gasteiger partial charge in [0, 0.05) is 35.6 Å². The van der Waals surface area contributed by atoms with Crippen LogP contribution in [0.4, 0.5) is 0 Å². The maximum atomic E-state index is 14.9. The first-order valence-corrected chi connectivity index (χ1v) is 15.2. The van der Waals surface area contributed by atoms with E-state index in [1.165, 1.54) is 24.2 Å². The van der Waals surface area contributed by atoms with Crippen molar-refractivity contribution < 1.29 is 29.0 Å². The molecule has 0 aromatic heterocycles. The number of hydrogen-bond donors (Lipinski definition) is 1. The smallest absolute Gasteiger partial charge is 0.233 e. The second-order valence-electron chi connectivity index (χ2n) is 12.1. The summed E-state index contributed by atoms with van der Waals surface area (Å²) in [4.78, 5) is 58.2. The van der Waals surface area contributed by atoms with Gasteiger partial charge in [0.25, 0.3) is 0 Å². The maximum Gasteiger partial charge on any atom is 0.233 e. The number of hydrogen-bond acceptors (Lipinski definition) is 6. The van der Waals surface area contributed by atoms with Crippen molar-refractivity contribution in [1.82, 2.24) is 4.90 Å². The monoisotopic (exact) mass is 587 g/mol. The van der Waals surface area contributed by atoms with E-state index in [0.29, 0.717) is 34.4 Å². The van der Waals surface area contributed by atoms with Gasteiger partial charge >= 0.3 is 0 Å². The standard InChI is InChI=1S/C37H33NO6/c1-3-38-35(42)26-17-16-24-28(32(26)36(38)43)19-29-34(41)27(21-10-6-4-7-11-21)20-31(40)37(29,22-12-8-5-9-13-22)33(24)25-15-14-23(44-2)18-30(25)39/h4-16,18,20,26,28-29,32-33,39H,3,17,19H2,1-2H3. The lowest BCUT2D eigenvalue weighted by molar-refractivity contribution is -0.140. The van der Waals surface area contributed by atoms with Gasteiger partial charge in [-0.3, -0.25) is 24.1 Å². The summed E-state index contributed by atoms with van der Waals surface area (Å²) in [5.41, 5.74) is 1.60. The van der Waals surface area contributed by atoms with Crippen molar-refractivity contribution >= 4 is 29.0 Å². The minimum atomic E-state index is -1.38. The normalized spacial score (nSPS) is 29.4. The number of likely N-dealkylation sites (tertiary alicyclic amines) is 1. The van der Waals surface area contributed by atoms with Crippen LogP contribution in [-0.2, 0) is 24.6 Å². The third-order valence-electron chi connectivity index (χ3n) is 10.3. The minimum Gasteiger partial charge on any atom is -0.508 e. The van der Waals surface area contributed by atoms with E-state index >= 15 is 0 Å². The van der Waals surface area contributed by atoms with E-state index in [1.54, 1.807) is 19.1 Å². The number of phenols is 1. The Kier molecular flexibility index (Phi) is 6.65. The lowest BCUT2D eigenvalue weighted by Gasteiger charge is -2.55. The molecule has 1 saturated heterocycles. The minimum absolute atomic E-state index is 0.0609. The van der Waals surface area contributed by atoms with Gasteiger partial charge in [0.15, 0.2) is 11.6 Å². The molecule has 7 nitrogen and oxygen atoms in total. The molecule has 3 aliphatic carbocycles. The summed E-state index contributed by atoms with van der Waals surface area (Å²) in [7, 11) is 1.51. The zero-order chi connectivity index (χ0) is 30.7. The molecule has 7 rings (SSSR count). The molecule has 3 aromatic rings. The molecule has 0 spiro atoms. The first kappa shape index (κ1) is 28.0. The quantitative estimate of drug-likeness (QED) is 0.324. The van der Waals surface area contributed by atoms with Crippen LogP contribution < -0.4 is 4.74 Å². The number of imide groups is 1. The molecule has 1 N–H and O–H groups in total. The van der Waals surface area contributed by atoms with Crippen molar-refractivity contribution in [2.24, 2.45) is 23.7 Å². The summed E-state index contributed by atoms with van der Waals surface area (Å²) in [6, 6.07) is 23.5. The Labute approximate surface area is 255 Å². The Balaban J connectivity index is 1.52. The van der Waals surface area contributed by atoms with Crippen molar-refractivity contribution in [3.8, 4) is 11.5 Å². The van der Waals surface area contributed by atoms with E-state index in [0.717, 1.165) is 5.57 Å². The topological polar surface area (TPSA) is 101 Å². The van der Waals surface area contributed by atoms with E-state index in [1.807, 2.05) is 66.7 Å². The molecule has 44 heavy (non-hydrogen) atoms. The molecule has 222 valence electrons. The van der Waals surface area contributed by atoms with E-state index in [9.17, 15) is 24.3 Å². The van der Waals surface area contributed by atoms with Gasteiger partial charge in [-0.05, 0) is 49.0 Å². The number of amides is 2. The number of methoxy groups -OCH3 is 1. The van der Waals surface area contributed by atoms with Gasteiger partial charge < -0.3 is 9.84 Å². The lowest BCUT2D eigenvalue weighted by atomic mass is 9.44. The van der Waals surface area contributed by atoms with Gasteiger partial charge in [-0.25, -0.2) is 0 Å². The molecular formula is C37H33NO6. The zero-order valence-corrected chi connectivity index (χ0v) is 24.6. The lowest BCUT2D eigenvalue weighted by Crippen LogP contribution is -2.58. The fourth-order valence-electron chi connectivity index (χ4n) is 8.49. The SMILES string of the molecule is CCN1C(=O)C2CC=C3C(CC4C(=O)C(c5ccccc5)=CC(=O)C4(c4ccccc4)C3c3ccc(OC)cc3O)C2C1=O. The summed E-state index contributed by atoms with van der Waals surface area (Å²) >= 11 is 0. The Hall–Kier alpha value is -4.78. The predicted molar refractivity (Wildman–Crippen MR) is 164 cm³/mol. The highest BCUT2D eigenvalue weighted by Gasteiger charge is 2.66. The van der Waals surface area contributed by atoms with Crippen LogP contribution in [0.5, 0.6) is 11.5 Å². The predicted octanol–water partition coefficient (Wildman–Crippen LogP) is 5.25. The summed E-state index contributed by atoms with van der Waals surface area (Å²) in [5, 5.41) is 11.5. The van der Waals surface area contributed by atoms with Crippen LogP contribution in [0.3, 0.4) is 0 Å². The Bertz CT molecular complexity index is 1760. The van der Waals surface area contributed by atoms with E-state index in [-0.39, 0.29) is 42.1 Å². The highest BCUT2D eigenvalue weighted by atomic mass is 16.5. The number of ether oxygens (including phenoxy) is 1. The summed E-state index contributed by atoms with van der Waals surface area (Å²) in [6.45, 7) is 2.08. The number of phenolic OH excluding ortho intramolecular Hbond substituents is 1. The van der Waals surface area contributed by atoms with Gasteiger partial charge in [0.1, 0.15) is 11.5 Å². The van der Waals surface area contributed by atoms with Crippen molar-refractivity contribution in [2.45, 2.75) is 31.1 Å². The van der Waals surface area contributed by atoms with Crippen molar-refractivity contribution in [3.05, 3.63) is 113 Å². The number of carbonyl (C=O) groups is 4.